The van der Waals surface area contributed by atoms with Gasteiger partial charge in [0.25, 0.3) is 0 Å². The fraction of sp³-hybridized carbons (Fsp3) is 0.529. The lowest BCUT2D eigenvalue weighted by Crippen LogP contribution is -2.43. The molecule has 0 aliphatic rings. The minimum absolute atomic E-state index is 0.160. The Labute approximate surface area is 125 Å². The first-order valence-electron chi connectivity index (χ1n) is 7.24. The molecule has 1 unspecified atom stereocenters. The topological polar surface area (TPSA) is 46.2 Å². The number of hydrogen-bond donors (Lipinski definition) is 1. The fourth-order valence-corrected chi connectivity index (χ4v) is 2.09. The van der Waals surface area contributed by atoms with Crippen molar-refractivity contribution in [3.8, 4) is 0 Å². The second-order valence-corrected chi connectivity index (χ2v) is 6.48. The van der Waals surface area contributed by atoms with E-state index in [1.54, 1.807) is 0 Å². The minimum Gasteiger partial charge on any atom is -0.346 e. The lowest BCUT2D eigenvalue weighted by Gasteiger charge is -2.21. The number of Topliss-reactive ketones (excluding diaryl/α,β-unsaturated/α-hetero) is 1. The molecule has 0 saturated carbocycles. The van der Waals surface area contributed by atoms with Crippen molar-refractivity contribution in [3.05, 3.63) is 35.9 Å². The van der Waals surface area contributed by atoms with Gasteiger partial charge < -0.3 is 5.32 Å². The number of rotatable bonds is 7. The van der Waals surface area contributed by atoms with Crippen molar-refractivity contribution in [2.24, 2.45) is 5.41 Å². The van der Waals surface area contributed by atoms with Crippen LogP contribution in [0.5, 0.6) is 0 Å². The summed E-state index contributed by atoms with van der Waals surface area (Å²) in [5.41, 5.74) is 0.909. The van der Waals surface area contributed by atoms with Crippen molar-refractivity contribution in [1.82, 2.24) is 5.32 Å². The molecule has 0 radical (unpaired) electrons. The highest BCUT2D eigenvalue weighted by Gasteiger charge is 2.23. The lowest BCUT2D eigenvalue weighted by atomic mass is 9.91. The smallest absolute Gasteiger partial charge is 0.221 e. The van der Waals surface area contributed by atoms with Gasteiger partial charge in [0.05, 0.1) is 6.04 Å². The van der Waals surface area contributed by atoms with Crippen LogP contribution in [-0.2, 0) is 16.0 Å². The number of amides is 1. The van der Waals surface area contributed by atoms with E-state index in [1.807, 2.05) is 51.1 Å². The zero-order chi connectivity index (χ0) is 15.9. The molecule has 0 aliphatic heterocycles. The van der Waals surface area contributed by atoms with Gasteiger partial charge in [-0.05, 0) is 23.8 Å². The van der Waals surface area contributed by atoms with E-state index in [0.717, 1.165) is 5.56 Å². The molecule has 1 N–H and O–H groups in total. The normalized spacial score (nSPS) is 12.8. The van der Waals surface area contributed by atoms with Gasteiger partial charge in [0.1, 0.15) is 6.67 Å². The van der Waals surface area contributed by atoms with Crippen LogP contribution in [0.2, 0.25) is 0 Å². The summed E-state index contributed by atoms with van der Waals surface area (Å²) in [4.78, 5) is 23.6. The average Bonchev–Trinajstić information content (AvgIpc) is 2.41. The van der Waals surface area contributed by atoms with Gasteiger partial charge in [-0.3, -0.25) is 9.59 Å². The maximum absolute atomic E-state index is 12.7. The quantitative estimate of drug-likeness (QED) is 0.839. The summed E-state index contributed by atoms with van der Waals surface area (Å²) in [7, 11) is 0. The third kappa shape index (κ3) is 7.02. The maximum Gasteiger partial charge on any atom is 0.221 e. The van der Waals surface area contributed by atoms with Crippen molar-refractivity contribution in [2.45, 2.75) is 46.1 Å². The highest BCUT2D eigenvalue weighted by molar-refractivity contribution is 5.89. The van der Waals surface area contributed by atoms with Gasteiger partial charge in [-0.1, -0.05) is 51.1 Å². The summed E-state index contributed by atoms with van der Waals surface area (Å²) in [5, 5.41) is 2.67. The summed E-state index contributed by atoms with van der Waals surface area (Å²) < 4.78 is 12.7. The zero-order valence-corrected chi connectivity index (χ0v) is 13.0. The van der Waals surface area contributed by atoms with E-state index in [2.05, 4.69) is 5.32 Å². The molecule has 4 heteroatoms. The molecule has 0 saturated heterocycles. The molecule has 0 aliphatic carbocycles. The van der Waals surface area contributed by atoms with Crippen LogP contribution in [0, 0.1) is 5.41 Å². The zero-order valence-electron chi connectivity index (χ0n) is 13.0. The molecule has 0 fully saturated rings. The molecular weight excluding hydrogens is 269 g/mol. The monoisotopic (exact) mass is 293 g/mol. The second-order valence-electron chi connectivity index (χ2n) is 6.48. The molecular formula is C17H24FNO2. The SMILES string of the molecule is CC(C)(C)CC(=O)NC(CCc1ccccc1)C(=O)CF. The number of aryl methyl sites for hydroxylation is 1. The van der Waals surface area contributed by atoms with E-state index >= 15 is 0 Å². The Morgan fingerprint density at radius 3 is 2.33 bits per heavy atom. The number of hydrogen-bond acceptors (Lipinski definition) is 2. The van der Waals surface area contributed by atoms with Crippen LogP contribution in [0.3, 0.4) is 0 Å². The van der Waals surface area contributed by atoms with Crippen LogP contribution >= 0.6 is 0 Å². The van der Waals surface area contributed by atoms with Crippen LogP contribution < -0.4 is 5.32 Å². The van der Waals surface area contributed by atoms with E-state index in [4.69, 9.17) is 0 Å². The van der Waals surface area contributed by atoms with Crippen molar-refractivity contribution in [2.75, 3.05) is 6.67 Å². The summed E-state index contributed by atoms with van der Waals surface area (Å²) in [5.74, 6) is -0.768. The highest BCUT2D eigenvalue weighted by Crippen LogP contribution is 2.18. The van der Waals surface area contributed by atoms with Crippen molar-refractivity contribution in [1.29, 1.82) is 0 Å². The van der Waals surface area contributed by atoms with E-state index in [-0.39, 0.29) is 11.3 Å². The van der Waals surface area contributed by atoms with Crippen LogP contribution in [0.25, 0.3) is 0 Å². The van der Waals surface area contributed by atoms with E-state index < -0.39 is 18.5 Å². The predicted molar refractivity (Wildman–Crippen MR) is 81.7 cm³/mol. The van der Waals surface area contributed by atoms with Crippen molar-refractivity contribution < 1.29 is 14.0 Å². The number of nitrogens with one attached hydrogen (secondary N) is 1. The summed E-state index contributed by atoms with van der Waals surface area (Å²) in [6.45, 7) is 4.79. The Bertz CT molecular complexity index is 465. The van der Waals surface area contributed by atoms with Gasteiger partial charge in [0, 0.05) is 6.42 Å². The van der Waals surface area contributed by atoms with Crippen LogP contribution in [0.4, 0.5) is 4.39 Å². The number of ketones is 1. The molecule has 1 amide bonds. The average molecular weight is 293 g/mol. The fourth-order valence-electron chi connectivity index (χ4n) is 2.09. The van der Waals surface area contributed by atoms with Crippen LogP contribution in [-0.4, -0.2) is 24.4 Å². The standard InChI is InChI=1S/C17H24FNO2/c1-17(2,3)11-16(21)19-14(15(20)12-18)10-9-13-7-5-4-6-8-13/h4-8,14H,9-12H2,1-3H3,(H,19,21). The molecule has 1 atom stereocenters. The van der Waals surface area contributed by atoms with Gasteiger partial charge in [0.2, 0.25) is 5.91 Å². The Hall–Kier alpha value is -1.71. The molecule has 116 valence electrons. The van der Waals surface area contributed by atoms with Gasteiger partial charge >= 0.3 is 0 Å². The van der Waals surface area contributed by atoms with Gasteiger partial charge in [-0.15, -0.1) is 0 Å². The molecule has 21 heavy (non-hydrogen) atoms. The van der Waals surface area contributed by atoms with Crippen molar-refractivity contribution >= 4 is 11.7 Å². The second kappa shape index (κ2) is 7.91. The molecule has 1 rings (SSSR count). The first-order chi connectivity index (χ1) is 9.81. The summed E-state index contributed by atoms with van der Waals surface area (Å²) in [6.07, 6.45) is 1.37. The van der Waals surface area contributed by atoms with E-state index in [9.17, 15) is 14.0 Å². The van der Waals surface area contributed by atoms with Gasteiger partial charge in [0.15, 0.2) is 5.78 Å². The first-order valence-corrected chi connectivity index (χ1v) is 7.24. The van der Waals surface area contributed by atoms with E-state index in [0.29, 0.717) is 19.3 Å². The lowest BCUT2D eigenvalue weighted by molar-refractivity contribution is -0.129. The van der Waals surface area contributed by atoms with Gasteiger partial charge in [-0.25, -0.2) is 4.39 Å². The van der Waals surface area contributed by atoms with Gasteiger partial charge in [-0.2, -0.15) is 0 Å². The third-order valence-electron chi connectivity index (χ3n) is 3.11. The molecule has 0 heterocycles. The Balaban J connectivity index is 2.60. The largest absolute Gasteiger partial charge is 0.346 e. The minimum atomic E-state index is -1.05. The molecule has 0 bridgehead atoms. The molecule has 1 aromatic rings. The molecule has 0 aromatic heterocycles. The number of carbonyl (C=O) groups is 2. The Morgan fingerprint density at radius 1 is 1.19 bits per heavy atom. The number of alkyl halides is 1. The Kier molecular flexibility index (Phi) is 6.53. The third-order valence-corrected chi connectivity index (χ3v) is 3.11. The van der Waals surface area contributed by atoms with E-state index in [1.165, 1.54) is 0 Å². The Morgan fingerprint density at radius 2 is 1.81 bits per heavy atom. The van der Waals surface area contributed by atoms with Crippen LogP contribution in [0.1, 0.15) is 39.2 Å². The predicted octanol–water partition coefficient (Wildman–Crippen LogP) is 3.08. The number of carbonyl (C=O) groups excluding carboxylic acids is 2. The maximum atomic E-state index is 12.7. The van der Waals surface area contributed by atoms with Crippen molar-refractivity contribution in [3.63, 3.8) is 0 Å². The van der Waals surface area contributed by atoms with Crippen LogP contribution in [0.15, 0.2) is 30.3 Å². The summed E-state index contributed by atoms with van der Waals surface area (Å²) >= 11 is 0. The number of halogens is 1. The molecule has 1 aromatic carbocycles. The number of benzene rings is 1. The first kappa shape index (κ1) is 17.3. The highest BCUT2D eigenvalue weighted by atomic mass is 19.1. The molecule has 3 nitrogen and oxygen atoms in total. The molecule has 0 spiro atoms. The summed E-state index contributed by atoms with van der Waals surface area (Å²) in [6, 6.07) is 8.91.